The predicted molar refractivity (Wildman–Crippen MR) is 85.4 cm³/mol. The van der Waals surface area contributed by atoms with Crippen molar-refractivity contribution < 1.29 is 4.79 Å². The van der Waals surface area contributed by atoms with Crippen molar-refractivity contribution in [2.24, 2.45) is 11.3 Å². The van der Waals surface area contributed by atoms with E-state index in [1.54, 1.807) is 0 Å². The van der Waals surface area contributed by atoms with Crippen molar-refractivity contribution in [1.82, 2.24) is 15.5 Å². The number of nitrogens with one attached hydrogen (secondary N) is 2. The predicted octanol–water partition coefficient (Wildman–Crippen LogP) is 1.53. The first kappa shape index (κ1) is 21.3. The number of hydrogen-bond acceptors (Lipinski definition) is 3. The second kappa shape index (κ2) is 9.81. The van der Waals surface area contributed by atoms with Gasteiger partial charge in [0, 0.05) is 13.1 Å². The van der Waals surface area contributed by atoms with Gasteiger partial charge in [-0.25, -0.2) is 0 Å². The average Bonchev–Trinajstić information content (AvgIpc) is 2.97. The van der Waals surface area contributed by atoms with Crippen LogP contribution in [0.25, 0.3) is 0 Å². The van der Waals surface area contributed by atoms with Crippen molar-refractivity contribution in [3.63, 3.8) is 0 Å². The first-order chi connectivity index (χ1) is 7.89. The maximum absolute atomic E-state index is 11.6. The number of halogens is 2. The van der Waals surface area contributed by atoms with E-state index >= 15 is 0 Å². The highest BCUT2D eigenvalue weighted by Crippen LogP contribution is 2.27. The van der Waals surface area contributed by atoms with Gasteiger partial charge in [-0.2, -0.15) is 0 Å². The summed E-state index contributed by atoms with van der Waals surface area (Å²) in [5.74, 6) is 0.936. The molecule has 1 amide bonds. The summed E-state index contributed by atoms with van der Waals surface area (Å²) in [6, 6.07) is 0. The van der Waals surface area contributed by atoms with Gasteiger partial charge in [0.15, 0.2) is 0 Å². The first-order valence-corrected chi connectivity index (χ1v) is 6.51. The third-order valence-electron chi connectivity index (χ3n) is 2.92. The SMILES string of the molecule is CN(C)CC(C)(C)CNC(=O)CNCC1CC1.Cl.Cl. The van der Waals surface area contributed by atoms with Gasteiger partial charge in [0.2, 0.25) is 5.91 Å². The molecule has 0 aliphatic heterocycles. The van der Waals surface area contributed by atoms with Crippen LogP contribution in [0.15, 0.2) is 0 Å². The Labute approximate surface area is 129 Å². The Bertz CT molecular complexity index is 256. The van der Waals surface area contributed by atoms with E-state index in [1.807, 2.05) is 0 Å². The van der Waals surface area contributed by atoms with E-state index in [0.717, 1.165) is 25.6 Å². The van der Waals surface area contributed by atoms with Crippen LogP contribution in [-0.4, -0.2) is 51.1 Å². The normalized spacial score (nSPS) is 14.6. The van der Waals surface area contributed by atoms with Gasteiger partial charge in [-0.3, -0.25) is 4.79 Å². The molecule has 0 saturated heterocycles. The van der Waals surface area contributed by atoms with Gasteiger partial charge in [-0.1, -0.05) is 13.8 Å². The smallest absolute Gasteiger partial charge is 0.233 e. The Morgan fingerprint density at radius 2 is 1.84 bits per heavy atom. The van der Waals surface area contributed by atoms with E-state index in [-0.39, 0.29) is 36.1 Å². The molecule has 19 heavy (non-hydrogen) atoms. The lowest BCUT2D eigenvalue weighted by Crippen LogP contribution is -2.43. The Morgan fingerprint density at radius 3 is 2.32 bits per heavy atom. The standard InChI is InChI=1S/C13H27N3O.2ClH/c1-13(2,10-16(3)4)9-15-12(17)8-14-7-11-5-6-11;;/h11,14H,5-10H2,1-4H3,(H,15,17);2*1H. The minimum Gasteiger partial charge on any atom is -0.354 e. The second-order valence-corrected chi connectivity index (χ2v) is 6.25. The molecule has 0 heterocycles. The van der Waals surface area contributed by atoms with Crippen molar-refractivity contribution in [1.29, 1.82) is 0 Å². The fourth-order valence-electron chi connectivity index (χ4n) is 2.02. The van der Waals surface area contributed by atoms with Crippen LogP contribution in [0.2, 0.25) is 0 Å². The summed E-state index contributed by atoms with van der Waals surface area (Å²) in [7, 11) is 4.11. The molecule has 0 bridgehead atoms. The third kappa shape index (κ3) is 11.5. The summed E-state index contributed by atoms with van der Waals surface area (Å²) in [6.07, 6.45) is 2.65. The summed E-state index contributed by atoms with van der Waals surface area (Å²) >= 11 is 0. The molecule has 0 aromatic carbocycles. The molecule has 0 radical (unpaired) electrons. The van der Waals surface area contributed by atoms with Gasteiger partial charge in [0.05, 0.1) is 6.54 Å². The largest absolute Gasteiger partial charge is 0.354 e. The van der Waals surface area contributed by atoms with Gasteiger partial charge in [-0.15, -0.1) is 24.8 Å². The van der Waals surface area contributed by atoms with Crippen molar-refractivity contribution in [3.8, 4) is 0 Å². The van der Waals surface area contributed by atoms with E-state index in [0.29, 0.717) is 6.54 Å². The molecule has 1 aliphatic carbocycles. The molecule has 1 saturated carbocycles. The highest BCUT2D eigenvalue weighted by molar-refractivity contribution is 5.85. The Morgan fingerprint density at radius 1 is 1.26 bits per heavy atom. The van der Waals surface area contributed by atoms with E-state index in [9.17, 15) is 4.79 Å². The molecule has 1 fully saturated rings. The third-order valence-corrected chi connectivity index (χ3v) is 2.92. The highest BCUT2D eigenvalue weighted by atomic mass is 35.5. The maximum atomic E-state index is 11.6. The zero-order valence-electron chi connectivity index (χ0n) is 12.5. The Hall–Kier alpha value is -0.0300. The summed E-state index contributed by atoms with van der Waals surface area (Å²) in [6.45, 7) is 7.50. The fourth-order valence-corrected chi connectivity index (χ4v) is 2.02. The number of nitrogens with zero attached hydrogens (tertiary/aromatic N) is 1. The van der Waals surface area contributed by atoms with Gasteiger partial charge in [0.1, 0.15) is 0 Å². The van der Waals surface area contributed by atoms with Gasteiger partial charge in [0.25, 0.3) is 0 Å². The van der Waals surface area contributed by atoms with Crippen LogP contribution < -0.4 is 10.6 Å². The molecule has 0 spiro atoms. The maximum Gasteiger partial charge on any atom is 0.233 e. The molecule has 116 valence electrons. The monoisotopic (exact) mass is 313 g/mol. The van der Waals surface area contributed by atoms with Crippen molar-refractivity contribution in [2.75, 3.05) is 40.3 Å². The van der Waals surface area contributed by atoms with Crippen molar-refractivity contribution >= 4 is 30.7 Å². The Kier molecular flexibility index (Phi) is 11.0. The number of hydrogen-bond donors (Lipinski definition) is 2. The van der Waals surface area contributed by atoms with Gasteiger partial charge < -0.3 is 15.5 Å². The molecule has 0 aromatic heterocycles. The summed E-state index contributed by atoms with van der Waals surface area (Å²) in [5, 5.41) is 6.20. The quantitative estimate of drug-likeness (QED) is 0.714. The number of amides is 1. The van der Waals surface area contributed by atoms with E-state index in [4.69, 9.17) is 0 Å². The van der Waals surface area contributed by atoms with Crippen LogP contribution in [0.5, 0.6) is 0 Å². The molecule has 4 nitrogen and oxygen atoms in total. The number of carbonyl (C=O) groups excluding carboxylic acids is 1. The molecule has 2 N–H and O–H groups in total. The lowest BCUT2D eigenvalue weighted by molar-refractivity contribution is -0.120. The molecule has 0 unspecified atom stereocenters. The average molecular weight is 314 g/mol. The number of carbonyl (C=O) groups is 1. The highest BCUT2D eigenvalue weighted by Gasteiger charge is 2.21. The fraction of sp³-hybridized carbons (Fsp3) is 0.923. The molecule has 1 rings (SSSR count). The van der Waals surface area contributed by atoms with Crippen molar-refractivity contribution in [3.05, 3.63) is 0 Å². The van der Waals surface area contributed by atoms with Crippen LogP contribution in [0.3, 0.4) is 0 Å². The van der Waals surface area contributed by atoms with Gasteiger partial charge >= 0.3 is 0 Å². The summed E-state index contributed by atoms with van der Waals surface area (Å²) < 4.78 is 0. The van der Waals surface area contributed by atoms with E-state index in [1.165, 1.54) is 12.8 Å². The molecular formula is C13H29Cl2N3O. The summed E-state index contributed by atoms with van der Waals surface area (Å²) in [5.41, 5.74) is 0.121. The van der Waals surface area contributed by atoms with Crippen LogP contribution >= 0.6 is 24.8 Å². The molecule has 0 aromatic rings. The first-order valence-electron chi connectivity index (χ1n) is 6.51. The van der Waals surface area contributed by atoms with E-state index in [2.05, 4.69) is 43.5 Å². The lowest BCUT2D eigenvalue weighted by Gasteiger charge is -2.28. The second-order valence-electron chi connectivity index (χ2n) is 6.25. The van der Waals surface area contributed by atoms with Crippen LogP contribution in [0.1, 0.15) is 26.7 Å². The van der Waals surface area contributed by atoms with Crippen molar-refractivity contribution in [2.45, 2.75) is 26.7 Å². The van der Waals surface area contributed by atoms with E-state index < -0.39 is 0 Å². The zero-order chi connectivity index (χ0) is 12.9. The lowest BCUT2D eigenvalue weighted by atomic mass is 9.93. The summed E-state index contributed by atoms with van der Waals surface area (Å²) in [4.78, 5) is 13.7. The minimum absolute atomic E-state index is 0. The molecule has 0 atom stereocenters. The number of rotatable bonds is 8. The topological polar surface area (TPSA) is 44.4 Å². The molecule has 1 aliphatic rings. The van der Waals surface area contributed by atoms with Crippen LogP contribution in [0.4, 0.5) is 0 Å². The minimum atomic E-state index is 0. The van der Waals surface area contributed by atoms with Gasteiger partial charge in [-0.05, 0) is 44.8 Å². The molecule has 6 heteroatoms. The van der Waals surface area contributed by atoms with Crippen LogP contribution in [0, 0.1) is 11.3 Å². The van der Waals surface area contributed by atoms with Crippen LogP contribution in [-0.2, 0) is 4.79 Å². The Balaban J connectivity index is 0. The molecular weight excluding hydrogens is 285 g/mol. The zero-order valence-corrected chi connectivity index (χ0v) is 14.1.